The first kappa shape index (κ1) is 12.4. The lowest BCUT2D eigenvalue weighted by atomic mass is 10.2. The lowest BCUT2D eigenvalue weighted by Gasteiger charge is -2.27. The molecule has 3 heterocycles. The van der Waals surface area contributed by atoms with E-state index in [-0.39, 0.29) is 0 Å². The summed E-state index contributed by atoms with van der Waals surface area (Å²) in [6.07, 6.45) is 4.18. The molecule has 5 heteroatoms. The first-order valence-corrected chi connectivity index (χ1v) is 7.06. The Hall–Kier alpha value is -1.62. The summed E-state index contributed by atoms with van der Waals surface area (Å²) in [5, 5.41) is 7.91. The molecule has 0 aliphatic carbocycles. The fourth-order valence-corrected chi connectivity index (χ4v) is 2.82. The number of rotatable bonds is 4. The molecule has 0 bridgehead atoms. The van der Waals surface area contributed by atoms with Crippen LogP contribution in [-0.4, -0.2) is 40.3 Å². The molecule has 3 rings (SSSR count). The predicted octanol–water partition coefficient (Wildman–Crippen LogP) is 1.62. The van der Waals surface area contributed by atoms with E-state index in [4.69, 9.17) is 0 Å². The Morgan fingerprint density at radius 3 is 3.11 bits per heavy atom. The number of hydrogen-bond acceptors (Lipinski definition) is 4. The SMILES string of the molecule is CCN(CC1CCCN1)c1cc(C)cc2ncnn12. The maximum Gasteiger partial charge on any atom is 0.157 e. The number of aryl methyl sites for hydroxylation is 1. The van der Waals surface area contributed by atoms with Crippen LogP contribution in [0.3, 0.4) is 0 Å². The Labute approximate surface area is 113 Å². The van der Waals surface area contributed by atoms with E-state index >= 15 is 0 Å². The van der Waals surface area contributed by atoms with Crippen molar-refractivity contribution in [1.29, 1.82) is 0 Å². The average molecular weight is 259 g/mol. The highest BCUT2D eigenvalue weighted by atomic mass is 15.4. The molecule has 1 unspecified atom stereocenters. The average Bonchev–Trinajstić information content (AvgIpc) is 3.05. The van der Waals surface area contributed by atoms with E-state index in [1.807, 2.05) is 4.52 Å². The molecular weight excluding hydrogens is 238 g/mol. The summed E-state index contributed by atoms with van der Waals surface area (Å²) in [5.41, 5.74) is 2.15. The van der Waals surface area contributed by atoms with Crippen LogP contribution in [-0.2, 0) is 0 Å². The summed E-state index contributed by atoms with van der Waals surface area (Å²) in [7, 11) is 0. The fraction of sp³-hybridized carbons (Fsp3) is 0.571. The molecule has 0 spiro atoms. The van der Waals surface area contributed by atoms with Crippen molar-refractivity contribution >= 4 is 11.5 Å². The number of nitrogens with one attached hydrogen (secondary N) is 1. The van der Waals surface area contributed by atoms with Crippen LogP contribution < -0.4 is 10.2 Å². The first-order valence-electron chi connectivity index (χ1n) is 7.06. The molecule has 2 aromatic heterocycles. The Bertz CT molecular complexity index is 556. The van der Waals surface area contributed by atoms with Gasteiger partial charge in [-0.1, -0.05) is 0 Å². The Morgan fingerprint density at radius 2 is 2.37 bits per heavy atom. The van der Waals surface area contributed by atoms with Crippen molar-refractivity contribution in [3.05, 3.63) is 24.0 Å². The number of likely N-dealkylation sites (N-methyl/N-ethyl adjacent to an activating group) is 1. The van der Waals surface area contributed by atoms with Crippen LogP contribution in [0.1, 0.15) is 25.3 Å². The molecule has 19 heavy (non-hydrogen) atoms. The molecule has 1 aliphatic rings. The number of fused-ring (bicyclic) bond motifs is 1. The van der Waals surface area contributed by atoms with E-state index in [0.717, 1.165) is 31.1 Å². The zero-order valence-electron chi connectivity index (χ0n) is 11.6. The molecule has 1 aliphatic heterocycles. The van der Waals surface area contributed by atoms with E-state index < -0.39 is 0 Å². The Balaban J connectivity index is 1.93. The topological polar surface area (TPSA) is 45.5 Å². The summed E-state index contributed by atoms with van der Waals surface area (Å²) < 4.78 is 1.94. The van der Waals surface area contributed by atoms with Gasteiger partial charge in [-0.05, 0) is 50.9 Å². The van der Waals surface area contributed by atoms with Gasteiger partial charge in [0.2, 0.25) is 0 Å². The van der Waals surface area contributed by atoms with Crippen LogP contribution in [0.5, 0.6) is 0 Å². The largest absolute Gasteiger partial charge is 0.355 e. The third-order valence-corrected chi connectivity index (χ3v) is 3.81. The van der Waals surface area contributed by atoms with Gasteiger partial charge in [0.05, 0.1) is 0 Å². The Morgan fingerprint density at radius 1 is 1.47 bits per heavy atom. The van der Waals surface area contributed by atoms with Crippen LogP contribution in [0.2, 0.25) is 0 Å². The minimum atomic E-state index is 0.596. The normalized spacial score (nSPS) is 19.2. The van der Waals surface area contributed by atoms with E-state index in [9.17, 15) is 0 Å². The molecule has 1 fully saturated rings. The molecular formula is C14H21N5. The molecule has 1 N–H and O–H groups in total. The Kier molecular flexibility index (Phi) is 3.38. The van der Waals surface area contributed by atoms with Crippen molar-refractivity contribution < 1.29 is 0 Å². The quantitative estimate of drug-likeness (QED) is 0.906. The van der Waals surface area contributed by atoms with Gasteiger partial charge in [0, 0.05) is 19.1 Å². The number of nitrogens with zero attached hydrogens (tertiary/aromatic N) is 4. The van der Waals surface area contributed by atoms with Crippen LogP contribution in [0.25, 0.3) is 5.65 Å². The summed E-state index contributed by atoms with van der Waals surface area (Å²) in [5.74, 6) is 1.14. The summed E-state index contributed by atoms with van der Waals surface area (Å²) in [6, 6.07) is 4.86. The van der Waals surface area contributed by atoms with Crippen LogP contribution in [0.15, 0.2) is 18.5 Å². The van der Waals surface area contributed by atoms with Crippen LogP contribution in [0.4, 0.5) is 5.82 Å². The number of anilines is 1. The van der Waals surface area contributed by atoms with Crippen molar-refractivity contribution in [2.75, 3.05) is 24.5 Å². The van der Waals surface area contributed by atoms with Gasteiger partial charge in [-0.2, -0.15) is 9.61 Å². The third kappa shape index (κ3) is 2.42. The summed E-state index contributed by atoms with van der Waals surface area (Å²) in [6.45, 7) is 7.47. The standard InChI is InChI=1S/C14H21N5/c1-3-18(9-12-5-4-6-15-12)14-8-11(2)7-13-16-10-17-19(13)14/h7-8,10,12,15H,3-6,9H2,1-2H3. The van der Waals surface area contributed by atoms with E-state index in [1.54, 1.807) is 6.33 Å². The van der Waals surface area contributed by atoms with Crippen molar-refractivity contribution in [2.24, 2.45) is 0 Å². The van der Waals surface area contributed by atoms with Gasteiger partial charge in [0.1, 0.15) is 12.1 Å². The van der Waals surface area contributed by atoms with Crippen molar-refractivity contribution in [2.45, 2.75) is 32.7 Å². The van der Waals surface area contributed by atoms with Crippen LogP contribution in [0, 0.1) is 6.92 Å². The summed E-state index contributed by atoms with van der Waals surface area (Å²) in [4.78, 5) is 6.68. The van der Waals surface area contributed by atoms with Crippen molar-refractivity contribution in [1.82, 2.24) is 19.9 Å². The highest BCUT2D eigenvalue weighted by Crippen LogP contribution is 2.19. The molecule has 5 nitrogen and oxygen atoms in total. The van der Waals surface area contributed by atoms with Gasteiger partial charge in [0.15, 0.2) is 5.65 Å². The minimum Gasteiger partial charge on any atom is -0.355 e. The van der Waals surface area contributed by atoms with E-state index in [2.05, 4.69) is 46.3 Å². The maximum atomic E-state index is 4.35. The van der Waals surface area contributed by atoms with Gasteiger partial charge >= 0.3 is 0 Å². The van der Waals surface area contributed by atoms with Gasteiger partial charge < -0.3 is 10.2 Å². The van der Waals surface area contributed by atoms with Gasteiger partial charge in [-0.15, -0.1) is 0 Å². The molecule has 0 aromatic carbocycles. The molecule has 1 atom stereocenters. The molecule has 0 saturated carbocycles. The van der Waals surface area contributed by atoms with E-state index in [0.29, 0.717) is 6.04 Å². The second-order valence-electron chi connectivity index (χ2n) is 5.25. The summed E-state index contributed by atoms with van der Waals surface area (Å²) >= 11 is 0. The predicted molar refractivity (Wildman–Crippen MR) is 76.6 cm³/mol. The zero-order chi connectivity index (χ0) is 13.2. The highest BCUT2D eigenvalue weighted by molar-refractivity contribution is 5.53. The molecule has 102 valence electrons. The van der Waals surface area contributed by atoms with Crippen molar-refractivity contribution in [3.8, 4) is 0 Å². The highest BCUT2D eigenvalue weighted by Gasteiger charge is 2.19. The van der Waals surface area contributed by atoms with Crippen LogP contribution >= 0.6 is 0 Å². The number of pyridine rings is 1. The minimum absolute atomic E-state index is 0.596. The lowest BCUT2D eigenvalue weighted by molar-refractivity contribution is 0.580. The van der Waals surface area contributed by atoms with Gasteiger partial charge in [-0.25, -0.2) is 4.98 Å². The smallest absolute Gasteiger partial charge is 0.157 e. The zero-order valence-corrected chi connectivity index (χ0v) is 11.6. The number of hydrogen-bond donors (Lipinski definition) is 1. The number of aromatic nitrogens is 3. The van der Waals surface area contributed by atoms with Gasteiger partial charge in [-0.3, -0.25) is 0 Å². The molecule has 2 aromatic rings. The fourth-order valence-electron chi connectivity index (χ4n) is 2.82. The van der Waals surface area contributed by atoms with E-state index in [1.165, 1.54) is 18.4 Å². The molecule has 0 amide bonds. The molecule has 0 radical (unpaired) electrons. The van der Waals surface area contributed by atoms with Gasteiger partial charge in [0.25, 0.3) is 0 Å². The second-order valence-corrected chi connectivity index (χ2v) is 5.25. The first-order chi connectivity index (χ1) is 9.28. The monoisotopic (exact) mass is 259 g/mol. The molecule has 1 saturated heterocycles. The maximum absolute atomic E-state index is 4.35. The lowest BCUT2D eigenvalue weighted by Crippen LogP contribution is -2.38. The second kappa shape index (κ2) is 5.17. The third-order valence-electron chi connectivity index (χ3n) is 3.81. The van der Waals surface area contributed by atoms with Crippen molar-refractivity contribution in [3.63, 3.8) is 0 Å².